The third-order valence-corrected chi connectivity index (χ3v) is 2.34. The monoisotopic (exact) mass is 216 g/mol. The zero-order chi connectivity index (χ0) is 11.4. The van der Waals surface area contributed by atoms with Crippen LogP contribution >= 0.6 is 0 Å². The minimum Gasteiger partial charge on any atom is -0.395 e. The Hall–Kier alpha value is -2.03. The van der Waals surface area contributed by atoms with Crippen LogP contribution in [0.5, 0.6) is 0 Å². The first kappa shape index (κ1) is 10.5. The fourth-order valence-corrected chi connectivity index (χ4v) is 1.55. The van der Waals surface area contributed by atoms with E-state index in [-0.39, 0.29) is 0 Å². The van der Waals surface area contributed by atoms with E-state index in [1.54, 1.807) is 0 Å². The standard InChI is InChI=1S/C13H12O3/c1-2-11-12(16-13(14)15-11)9-8-10-6-4-3-5-7-10/h2-7H,1,8-9H2. The van der Waals surface area contributed by atoms with Crippen LogP contribution in [0.1, 0.15) is 17.1 Å². The lowest BCUT2D eigenvalue weighted by Gasteiger charge is -1.98. The van der Waals surface area contributed by atoms with Crippen molar-refractivity contribution in [1.82, 2.24) is 0 Å². The number of hydrogen-bond donors (Lipinski definition) is 0. The topological polar surface area (TPSA) is 43.4 Å². The minimum atomic E-state index is -0.669. The van der Waals surface area contributed by atoms with Gasteiger partial charge in [-0.1, -0.05) is 36.9 Å². The summed E-state index contributed by atoms with van der Waals surface area (Å²) in [6, 6.07) is 10.00. The van der Waals surface area contributed by atoms with E-state index in [0.717, 1.165) is 6.42 Å². The van der Waals surface area contributed by atoms with Crippen molar-refractivity contribution in [1.29, 1.82) is 0 Å². The van der Waals surface area contributed by atoms with E-state index in [0.29, 0.717) is 17.9 Å². The molecule has 82 valence electrons. The molecule has 0 unspecified atom stereocenters. The molecule has 3 heteroatoms. The highest BCUT2D eigenvalue weighted by Gasteiger charge is 2.09. The molecule has 0 aliphatic heterocycles. The van der Waals surface area contributed by atoms with Crippen LogP contribution in [-0.4, -0.2) is 0 Å². The van der Waals surface area contributed by atoms with Gasteiger partial charge in [0.1, 0.15) is 0 Å². The van der Waals surface area contributed by atoms with Crippen molar-refractivity contribution in [2.24, 2.45) is 0 Å². The Kier molecular flexibility index (Phi) is 3.05. The maximum absolute atomic E-state index is 10.9. The first-order valence-electron chi connectivity index (χ1n) is 5.09. The van der Waals surface area contributed by atoms with Crippen molar-refractivity contribution >= 4 is 6.08 Å². The van der Waals surface area contributed by atoms with Crippen molar-refractivity contribution in [2.45, 2.75) is 12.8 Å². The number of rotatable bonds is 4. The number of benzene rings is 1. The molecular formula is C13H12O3. The van der Waals surface area contributed by atoms with Gasteiger partial charge < -0.3 is 8.83 Å². The predicted octanol–water partition coefficient (Wildman–Crippen LogP) is 2.66. The van der Waals surface area contributed by atoms with Crippen LogP contribution in [0.2, 0.25) is 0 Å². The zero-order valence-corrected chi connectivity index (χ0v) is 8.81. The molecule has 1 aromatic carbocycles. The lowest BCUT2D eigenvalue weighted by Crippen LogP contribution is -1.92. The average molecular weight is 216 g/mol. The Balaban J connectivity index is 2.10. The molecular weight excluding hydrogens is 204 g/mol. The fourth-order valence-electron chi connectivity index (χ4n) is 1.55. The summed E-state index contributed by atoms with van der Waals surface area (Å²) in [5.74, 6) is 0.322. The first-order chi connectivity index (χ1) is 7.79. The molecule has 0 bridgehead atoms. The molecule has 0 N–H and O–H groups in total. The first-order valence-corrected chi connectivity index (χ1v) is 5.09. The largest absolute Gasteiger partial charge is 0.519 e. The molecule has 0 aliphatic carbocycles. The van der Waals surface area contributed by atoms with Crippen molar-refractivity contribution in [3.63, 3.8) is 0 Å². The van der Waals surface area contributed by atoms with E-state index < -0.39 is 5.82 Å². The molecule has 1 heterocycles. The molecule has 0 amide bonds. The number of hydrogen-bond acceptors (Lipinski definition) is 3. The third kappa shape index (κ3) is 2.31. The Labute approximate surface area is 93.0 Å². The molecule has 0 atom stereocenters. The smallest absolute Gasteiger partial charge is 0.395 e. The molecule has 0 radical (unpaired) electrons. The van der Waals surface area contributed by atoms with Gasteiger partial charge in [-0.05, 0) is 18.1 Å². The summed E-state index contributed by atoms with van der Waals surface area (Å²) in [5.41, 5.74) is 1.20. The van der Waals surface area contributed by atoms with Gasteiger partial charge in [-0.3, -0.25) is 0 Å². The highest BCUT2D eigenvalue weighted by atomic mass is 16.6. The Morgan fingerprint density at radius 1 is 1.12 bits per heavy atom. The SMILES string of the molecule is C=Cc1oc(=O)oc1CCc1ccccc1. The second kappa shape index (κ2) is 4.66. The maximum Gasteiger partial charge on any atom is 0.519 e. The molecule has 0 saturated heterocycles. The van der Waals surface area contributed by atoms with Crippen LogP contribution in [0.3, 0.4) is 0 Å². The van der Waals surface area contributed by atoms with Crippen LogP contribution in [0, 0.1) is 0 Å². The molecule has 1 aromatic heterocycles. The summed E-state index contributed by atoms with van der Waals surface area (Å²) >= 11 is 0. The summed E-state index contributed by atoms with van der Waals surface area (Å²) in [6.07, 6.45) is 2.94. The fraction of sp³-hybridized carbons (Fsp3) is 0.154. The second-order valence-corrected chi connectivity index (χ2v) is 3.43. The summed E-state index contributed by atoms with van der Waals surface area (Å²) in [6.45, 7) is 3.57. The quantitative estimate of drug-likeness (QED) is 0.789. The Morgan fingerprint density at radius 2 is 1.88 bits per heavy atom. The van der Waals surface area contributed by atoms with E-state index in [1.165, 1.54) is 11.6 Å². The second-order valence-electron chi connectivity index (χ2n) is 3.43. The Morgan fingerprint density at radius 3 is 2.56 bits per heavy atom. The van der Waals surface area contributed by atoms with Crippen LogP contribution < -0.4 is 5.82 Å². The van der Waals surface area contributed by atoms with Crippen molar-refractivity contribution < 1.29 is 8.83 Å². The number of aryl methyl sites for hydroxylation is 2. The highest BCUT2D eigenvalue weighted by Crippen LogP contribution is 2.12. The zero-order valence-electron chi connectivity index (χ0n) is 8.81. The molecule has 0 aliphatic rings. The minimum absolute atomic E-state index is 0.431. The third-order valence-electron chi connectivity index (χ3n) is 2.34. The molecule has 0 spiro atoms. The van der Waals surface area contributed by atoms with E-state index in [1.807, 2.05) is 30.3 Å². The van der Waals surface area contributed by atoms with E-state index in [2.05, 4.69) is 6.58 Å². The van der Waals surface area contributed by atoms with E-state index in [4.69, 9.17) is 8.83 Å². The van der Waals surface area contributed by atoms with Crippen molar-refractivity contribution in [3.8, 4) is 0 Å². The van der Waals surface area contributed by atoms with Gasteiger partial charge in [0.2, 0.25) is 0 Å². The molecule has 2 rings (SSSR count). The van der Waals surface area contributed by atoms with Gasteiger partial charge in [0.15, 0.2) is 11.5 Å². The average Bonchev–Trinajstić information content (AvgIpc) is 2.68. The van der Waals surface area contributed by atoms with Crippen LogP contribution in [0.15, 0.2) is 50.5 Å². The molecule has 0 fully saturated rings. The Bertz CT molecular complexity index is 520. The maximum atomic E-state index is 10.9. The summed E-state index contributed by atoms with van der Waals surface area (Å²) in [5, 5.41) is 0. The molecule has 2 aromatic rings. The lowest BCUT2D eigenvalue weighted by atomic mass is 10.1. The van der Waals surface area contributed by atoms with Gasteiger partial charge in [-0.25, -0.2) is 4.79 Å². The van der Waals surface area contributed by atoms with Crippen LogP contribution in [-0.2, 0) is 12.8 Å². The lowest BCUT2D eigenvalue weighted by molar-refractivity contribution is 0.372. The van der Waals surface area contributed by atoms with Gasteiger partial charge in [0.05, 0.1) is 0 Å². The van der Waals surface area contributed by atoms with Gasteiger partial charge in [-0.2, -0.15) is 0 Å². The molecule has 3 nitrogen and oxygen atoms in total. The van der Waals surface area contributed by atoms with Gasteiger partial charge in [-0.15, -0.1) is 0 Å². The summed E-state index contributed by atoms with van der Waals surface area (Å²) in [4.78, 5) is 10.9. The van der Waals surface area contributed by atoms with E-state index in [9.17, 15) is 4.79 Å². The summed E-state index contributed by atoms with van der Waals surface area (Å²) in [7, 11) is 0. The van der Waals surface area contributed by atoms with Crippen molar-refractivity contribution in [3.05, 3.63) is 64.6 Å². The van der Waals surface area contributed by atoms with Crippen LogP contribution in [0.4, 0.5) is 0 Å². The van der Waals surface area contributed by atoms with E-state index >= 15 is 0 Å². The molecule has 0 saturated carbocycles. The van der Waals surface area contributed by atoms with Crippen LogP contribution in [0.25, 0.3) is 6.08 Å². The highest BCUT2D eigenvalue weighted by molar-refractivity contribution is 5.41. The normalized spacial score (nSPS) is 10.2. The van der Waals surface area contributed by atoms with Crippen molar-refractivity contribution in [2.75, 3.05) is 0 Å². The summed E-state index contributed by atoms with van der Waals surface area (Å²) < 4.78 is 9.75. The van der Waals surface area contributed by atoms with Gasteiger partial charge in [0.25, 0.3) is 0 Å². The van der Waals surface area contributed by atoms with Gasteiger partial charge in [0, 0.05) is 6.42 Å². The van der Waals surface area contributed by atoms with Gasteiger partial charge >= 0.3 is 5.82 Å². The molecule has 16 heavy (non-hydrogen) atoms. The predicted molar refractivity (Wildman–Crippen MR) is 61.2 cm³/mol.